The predicted molar refractivity (Wildman–Crippen MR) is 174 cm³/mol. The average molecular weight is 1430 g/mol. The fraction of sp³-hybridized carbons (Fsp3) is 1.00. The molecular weight excluding hydrogens is 1360 g/mol. The molecule has 51 heavy (non-hydrogen) atoms. The summed E-state index contributed by atoms with van der Waals surface area (Å²) in [7, 11) is 0. The van der Waals surface area contributed by atoms with Crippen LogP contribution < -0.4 is 0 Å². The summed E-state index contributed by atoms with van der Waals surface area (Å²) >= 11 is 0. The van der Waals surface area contributed by atoms with Crippen LogP contribution in [0.5, 0.6) is 0 Å². The van der Waals surface area contributed by atoms with E-state index in [1.165, 1.54) is 0 Å². The fourth-order valence-electron chi connectivity index (χ4n) is 6.81. The summed E-state index contributed by atoms with van der Waals surface area (Å²) in [6.07, 6.45) is 2.29. The van der Waals surface area contributed by atoms with Crippen LogP contribution in [-0.2, 0) is 124 Å². The van der Waals surface area contributed by atoms with E-state index in [-0.39, 0.29) is 181 Å². The minimum Gasteiger partial charge on any atom is -0.394 e. The molecule has 4 radical (unpaired) electrons. The van der Waals surface area contributed by atoms with Gasteiger partial charge in [-0.15, -0.1) is 0 Å². The molecule has 0 spiro atoms. The molecule has 5 aliphatic heterocycles. The van der Waals surface area contributed by atoms with Gasteiger partial charge in [-0.1, -0.05) is 6.92 Å². The fourth-order valence-corrected chi connectivity index (χ4v) is 6.81. The third-order valence-corrected chi connectivity index (χ3v) is 9.34. The Kier molecular flexibility index (Phi) is 34.1. The van der Waals surface area contributed by atoms with Crippen LogP contribution in [0, 0.1) is 5.92 Å². The van der Waals surface area contributed by atoms with Crippen molar-refractivity contribution in [3.8, 4) is 0 Å². The van der Waals surface area contributed by atoms with Crippen LogP contribution in [0.15, 0.2) is 0 Å². The minimum absolute atomic E-state index is 0. The Balaban J connectivity index is -0.000000589. The second-order valence-corrected chi connectivity index (χ2v) is 12.8. The van der Waals surface area contributed by atoms with E-state index in [9.17, 15) is 5.11 Å². The van der Waals surface area contributed by atoms with Gasteiger partial charge in [-0.3, -0.25) is 0 Å². The maximum Gasteiger partial charge on any atom is 0.143 e. The van der Waals surface area contributed by atoms with Gasteiger partial charge in [0.05, 0.1) is 81.9 Å². The summed E-state index contributed by atoms with van der Waals surface area (Å²) in [4.78, 5) is 0. The SMILES string of the molecule is CCOC1C(CO)OC(C)C1C.CCOC1C2OCC1(CO)OC2C.CCOC1CC(C)OC1CO.CCOC1CC(CO)OC1C.[Re].[Re].[Re].[Re]. The van der Waals surface area contributed by atoms with Crippen LogP contribution in [0.2, 0.25) is 0 Å². The second kappa shape index (κ2) is 30.2. The summed E-state index contributed by atoms with van der Waals surface area (Å²) in [6, 6.07) is 0. The maximum atomic E-state index is 9.27. The third kappa shape index (κ3) is 16.9. The smallest absolute Gasteiger partial charge is 0.143 e. The van der Waals surface area contributed by atoms with Crippen LogP contribution in [0.25, 0.3) is 0 Å². The van der Waals surface area contributed by atoms with Crippen molar-refractivity contribution in [2.75, 3.05) is 59.5 Å². The predicted octanol–water partition coefficient (Wildman–Crippen LogP) is 1.86. The number of hydrogen-bond acceptors (Lipinski definition) is 13. The van der Waals surface area contributed by atoms with Crippen molar-refractivity contribution in [1.29, 1.82) is 0 Å². The molecule has 0 aromatic heterocycles. The molecule has 17 heteroatoms. The number of hydrogen-bond donors (Lipinski definition) is 4. The Hall–Kier alpha value is 2.13. The zero-order valence-electron chi connectivity index (χ0n) is 31.8. The number of aliphatic hydroxyl groups excluding tert-OH is 4. The summed E-state index contributed by atoms with van der Waals surface area (Å²) in [5, 5.41) is 35.9. The molecule has 0 saturated carbocycles. The molecule has 0 aromatic carbocycles. The molecule has 14 unspecified atom stereocenters. The molecule has 2 bridgehead atoms. The zero-order valence-corrected chi connectivity index (χ0v) is 42.6. The Morgan fingerprint density at radius 1 is 0.608 bits per heavy atom. The number of aliphatic hydroxyl groups is 4. The summed E-state index contributed by atoms with van der Waals surface area (Å²) in [6.45, 7) is 21.2. The van der Waals surface area contributed by atoms with Gasteiger partial charge in [0, 0.05) is 127 Å². The first-order valence-electron chi connectivity index (χ1n) is 17.6. The number of rotatable bonds is 12. The van der Waals surface area contributed by atoms with E-state index in [1.807, 2.05) is 55.4 Å². The summed E-state index contributed by atoms with van der Waals surface area (Å²) < 4.78 is 49.3. The number of ether oxygens (including phenoxy) is 9. The molecule has 14 atom stereocenters. The van der Waals surface area contributed by atoms with Crippen LogP contribution in [0.3, 0.4) is 0 Å². The molecule has 308 valence electrons. The van der Waals surface area contributed by atoms with E-state index < -0.39 is 5.60 Å². The Morgan fingerprint density at radius 2 is 1.18 bits per heavy atom. The quantitative estimate of drug-likeness (QED) is 0.224. The molecule has 5 rings (SSSR count). The van der Waals surface area contributed by atoms with Gasteiger partial charge in [-0.25, -0.2) is 0 Å². The Bertz CT molecular complexity index is 843. The van der Waals surface area contributed by atoms with Crippen LogP contribution >= 0.6 is 0 Å². The Labute approximate surface area is 361 Å². The van der Waals surface area contributed by atoms with Gasteiger partial charge in [-0.05, 0) is 55.4 Å². The molecule has 0 aromatic rings. The largest absolute Gasteiger partial charge is 0.394 e. The first kappa shape index (κ1) is 57.5. The van der Waals surface area contributed by atoms with E-state index in [0.717, 1.165) is 19.4 Å². The number of fused-ring (bicyclic) bond motifs is 2. The summed E-state index contributed by atoms with van der Waals surface area (Å²) in [5.74, 6) is 0.377. The van der Waals surface area contributed by atoms with E-state index in [2.05, 4.69) is 6.92 Å². The Morgan fingerprint density at radius 3 is 1.65 bits per heavy atom. The van der Waals surface area contributed by atoms with Crippen molar-refractivity contribution in [3.05, 3.63) is 0 Å². The molecule has 13 nitrogen and oxygen atoms in total. The van der Waals surface area contributed by atoms with Crippen molar-refractivity contribution in [1.82, 2.24) is 0 Å². The maximum absolute atomic E-state index is 9.27. The third-order valence-electron chi connectivity index (χ3n) is 9.34. The second-order valence-electron chi connectivity index (χ2n) is 12.8. The van der Waals surface area contributed by atoms with E-state index in [1.54, 1.807) is 0 Å². The molecule has 5 aliphatic rings. The first-order chi connectivity index (χ1) is 22.5. The first-order valence-corrected chi connectivity index (χ1v) is 17.6. The van der Waals surface area contributed by atoms with E-state index in [4.69, 9.17) is 58.0 Å². The van der Waals surface area contributed by atoms with E-state index in [0.29, 0.717) is 32.3 Å². The van der Waals surface area contributed by atoms with Crippen LogP contribution in [-0.4, -0.2) is 159 Å². The van der Waals surface area contributed by atoms with Gasteiger partial charge >= 0.3 is 0 Å². The normalized spacial score (nSPS) is 38.6. The van der Waals surface area contributed by atoms with Crippen LogP contribution in [0.1, 0.15) is 75.2 Å². The van der Waals surface area contributed by atoms with Crippen LogP contribution in [0.4, 0.5) is 0 Å². The van der Waals surface area contributed by atoms with Gasteiger partial charge < -0.3 is 63.1 Å². The van der Waals surface area contributed by atoms with Crippen molar-refractivity contribution in [2.45, 2.75) is 154 Å². The molecule has 5 fully saturated rings. The van der Waals surface area contributed by atoms with Gasteiger partial charge in [-0.2, -0.15) is 0 Å². The molecule has 0 amide bonds. The van der Waals surface area contributed by atoms with Crippen molar-refractivity contribution in [2.24, 2.45) is 5.92 Å². The molecule has 5 heterocycles. The zero-order chi connectivity index (χ0) is 35.1. The monoisotopic (exact) mass is 1430 g/mol. The average Bonchev–Trinajstić information content (AvgIpc) is 3.84. The van der Waals surface area contributed by atoms with Crippen molar-refractivity contribution >= 4 is 0 Å². The van der Waals surface area contributed by atoms with Gasteiger partial charge in [0.15, 0.2) is 0 Å². The molecule has 5 saturated heterocycles. The van der Waals surface area contributed by atoms with Gasteiger partial charge in [0.25, 0.3) is 0 Å². The van der Waals surface area contributed by atoms with Gasteiger partial charge in [0.1, 0.15) is 30.0 Å². The van der Waals surface area contributed by atoms with E-state index >= 15 is 0 Å². The molecule has 4 N–H and O–H groups in total. The van der Waals surface area contributed by atoms with Crippen molar-refractivity contribution < 1.29 is 145 Å². The van der Waals surface area contributed by atoms with Gasteiger partial charge in [0.2, 0.25) is 0 Å². The standard InChI is InChI=1S/C9H16O4.C9H18O3.2C8H16O3.4Re/c1-3-11-8-7-6(2)13-9(8,4-10)5-12-7;1-4-11-9-6(2)7(3)12-8(9)5-10;1-3-10-8-4-7(5-9)11-6(8)2;1-3-10-7-4-6(2)11-8(7)5-9;;;;/h6-8,10H,3-5H2,1-2H3;6-10H,4-5H2,1-3H3;2*6-9H,3-5H2,1-2H3;;;;. The minimum atomic E-state index is -0.597. The van der Waals surface area contributed by atoms with Crippen molar-refractivity contribution in [3.63, 3.8) is 0 Å². The molecular formula is C34H66O13Re4. The molecule has 0 aliphatic carbocycles. The topological polar surface area (TPSA) is 164 Å². The summed E-state index contributed by atoms with van der Waals surface area (Å²) in [5.41, 5.74) is -0.597.